The summed E-state index contributed by atoms with van der Waals surface area (Å²) in [6.07, 6.45) is 1.37. The molecule has 3 rings (SSSR count). The monoisotopic (exact) mass is 400 g/mol. The molecule has 0 spiro atoms. The van der Waals surface area contributed by atoms with Crippen molar-refractivity contribution in [1.29, 1.82) is 0 Å². The molecule has 2 aromatic carbocycles. The maximum absolute atomic E-state index is 12.6. The predicted octanol–water partition coefficient (Wildman–Crippen LogP) is 2.61. The summed E-state index contributed by atoms with van der Waals surface area (Å²) in [6.45, 7) is 0.0815. The van der Waals surface area contributed by atoms with Gasteiger partial charge in [0.1, 0.15) is 12.1 Å². The molecule has 0 bridgehead atoms. The Hall–Kier alpha value is -3.00. The second-order valence-electron chi connectivity index (χ2n) is 5.80. The zero-order valence-electron chi connectivity index (χ0n) is 15.0. The fourth-order valence-corrected chi connectivity index (χ4v) is 2.53. The molecule has 1 heterocycles. The van der Waals surface area contributed by atoms with Crippen LogP contribution in [0.4, 0.5) is 0 Å². The van der Waals surface area contributed by atoms with Crippen LogP contribution in [0.2, 0.25) is 0 Å². The van der Waals surface area contributed by atoms with E-state index < -0.39 is 6.04 Å². The van der Waals surface area contributed by atoms with Gasteiger partial charge in [-0.05, 0) is 23.8 Å². The van der Waals surface area contributed by atoms with Gasteiger partial charge in [-0.3, -0.25) is 4.79 Å². The van der Waals surface area contributed by atoms with E-state index in [2.05, 4.69) is 15.3 Å². The van der Waals surface area contributed by atoms with Crippen molar-refractivity contribution in [3.8, 4) is 11.6 Å². The van der Waals surface area contributed by atoms with Gasteiger partial charge in [-0.2, -0.15) is 0 Å². The number of amides is 1. The van der Waals surface area contributed by atoms with Crippen LogP contribution in [0.25, 0.3) is 0 Å². The third-order valence-corrected chi connectivity index (χ3v) is 3.92. The maximum atomic E-state index is 12.6. The van der Waals surface area contributed by atoms with E-state index in [0.29, 0.717) is 22.9 Å². The van der Waals surface area contributed by atoms with Crippen molar-refractivity contribution in [3.63, 3.8) is 0 Å². The summed E-state index contributed by atoms with van der Waals surface area (Å²) in [5.41, 5.74) is 7.46. The van der Waals surface area contributed by atoms with Gasteiger partial charge < -0.3 is 20.9 Å². The van der Waals surface area contributed by atoms with E-state index in [1.54, 1.807) is 30.3 Å². The van der Waals surface area contributed by atoms with Crippen LogP contribution in [0.3, 0.4) is 0 Å². The normalized spacial score (nSPS) is 11.2. The van der Waals surface area contributed by atoms with Crippen LogP contribution in [0.5, 0.6) is 11.6 Å². The van der Waals surface area contributed by atoms with Gasteiger partial charge in [0.25, 0.3) is 5.91 Å². The van der Waals surface area contributed by atoms with Crippen LogP contribution in [0.1, 0.15) is 27.7 Å². The molecule has 1 unspecified atom stereocenters. The highest BCUT2D eigenvalue weighted by Gasteiger charge is 2.15. The number of aromatic nitrogens is 2. The molecule has 0 fully saturated rings. The van der Waals surface area contributed by atoms with E-state index in [-0.39, 0.29) is 31.5 Å². The zero-order valence-corrected chi connectivity index (χ0v) is 15.8. The number of nitrogens with one attached hydrogen (secondary N) is 1. The van der Waals surface area contributed by atoms with E-state index in [0.717, 1.165) is 5.56 Å². The molecule has 7 nitrogen and oxygen atoms in total. The molecule has 0 radical (unpaired) electrons. The van der Waals surface area contributed by atoms with Gasteiger partial charge in [0.05, 0.1) is 18.3 Å². The fraction of sp³-hybridized carbons (Fsp3) is 0.150. The van der Waals surface area contributed by atoms with Gasteiger partial charge >= 0.3 is 0 Å². The number of aliphatic hydroxyl groups is 1. The van der Waals surface area contributed by atoms with Crippen molar-refractivity contribution in [2.45, 2.75) is 12.6 Å². The largest absolute Gasteiger partial charge is 0.439 e. The molecular weight excluding hydrogens is 380 g/mol. The minimum absolute atomic E-state index is 0. The van der Waals surface area contributed by atoms with E-state index in [9.17, 15) is 9.90 Å². The lowest BCUT2D eigenvalue weighted by atomic mass is 10.1. The van der Waals surface area contributed by atoms with E-state index in [1.807, 2.05) is 30.3 Å². The smallest absolute Gasteiger partial charge is 0.251 e. The first-order valence-electron chi connectivity index (χ1n) is 8.45. The highest BCUT2D eigenvalue weighted by molar-refractivity contribution is 5.94. The molecule has 0 aliphatic rings. The highest BCUT2D eigenvalue weighted by atomic mass is 35.5. The average molecular weight is 401 g/mol. The lowest BCUT2D eigenvalue weighted by molar-refractivity contribution is 0.0916. The molecule has 0 saturated carbocycles. The molecule has 1 aromatic heterocycles. The Bertz CT molecular complexity index is 909. The van der Waals surface area contributed by atoms with Crippen LogP contribution in [-0.2, 0) is 6.54 Å². The summed E-state index contributed by atoms with van der Waals surface area (Å²) in [5, 5.41) is 12.4. The Morgan fingerprint density at radius 3 is 2.61 bits per heavy atom. The number of ether oxygens (including phenoxy) is 1. The topological polar surface area (TPSA) is 110 Å². The Balaban J connectivity index is 0.00000280. The number of nitrogens with two attached hydrogens (primary N) is 1. The molecule has 0 aliphatic carbocycles. The number of benzene rings is 2. The van der Waals surface area contributed by atoms with E-state index >= 15 is 0 Å². The highest BCUT2D eigenvalue weighted by Crippen LogP contribution is 2.21. The summed E-state index contributed by atoms with van der Waals surface area (Å²) < 4.78 is 5.69. The Morgan fingerprint density at radius 1 is 1.11 bits per heavy atom. The fourth-order valence-electron chi connectivity index (χ4n) is 2.53. The number of nitrogens with zero attached hydrogens (tertiary/aromatic N) is 2. The Morgan fingerprint density at radius 2 is 1.89 bits per heavy atom. The number of carbonyl (C=O) groups is 1. The first-order valence-corrected chi connectivity index (χ1v) is 8.45. The van der Waals surface area contributed by atoms with Crippen LogP contribution >= 0.6 is 12.4 Å². The SMILES string of the molecule is Cl.NCc1cc(Oc2cccc(C(=O)NC(CO)c3ccccc3)c2)ncn1. The Kier molecular flexibility index (Phi) is 7.88. The molecule has 4 N–H and O–H groups in total. The molecule has 3 aromatic rings. The molecule has 28 heavy (non-hydrogen) atoms. The maximum Gasteiger partial charge on any atom is 0.251 e. The third kappa shape index (κ3) is 5.50. The molecule has 0 aliphatic heterocycles. The van der Waals surface area contributed by atoms with E-state index in [1.165, 1.54) is 6.33 Å². The summed E-state index contributed by atoms with van der Waals surface area (Å²) in [4.78, 5) is 20.6. The van der Waals surface area contributed by atoms with Gasteiger partial charge in [0, 0.05) is 18.2 Å². The predicted molar refractivity (Wildman–Crippen MR) is 107 cm³/mol. The molecule has 146 valence electrons. The lowest BCUT2D eigenvalue weighted by Crippen LogP contribution is -2.30. The van der Waals surface area contributed by atoms with Crippen LogP contribution in [0.15, 0.2) is 67.0 Å². The number of hydrogen-bond donors (Lipinski definition) is 3. The van der Waals surface area contributed by atoms with Gasteiger partial charge in [0.15, 0.2) is 0 Å². The van der Waals surface area contributed by atoms with Crippen LogP contribution < -0.4 is 15.8 Å². The summed E-state index contributed by atoms with van der Waals surface area (Å²) in [5.74, 6) is 0.499. The van der Waals surface area contributed by atoms with Crippen LogP contribution in [-0.4, -0.2) is 27.6 Å². The summed E-state index contributed by atoms with van der Waals surface area (Å²) in [7, 11) is 0. The van der Waals surface area contributed by atoms with Gasteiger partial charge in [0.2, 0.25) is 5.88 Å². The number of aliphatic hydroxyl groups excluding tert-OH is 1. The molecule has 8 heteroatoms. The Labute approximate surface area is 169 Å². The lowest BCUT2D eigenvalue weighted by Gasteiger charge is -2.17. The third-order valence-electron chi connectivity index (χ3n) is 3.92. The van der Waals surface area contributed by atoms with Gasteiger partial charge in [-0.25, -0.2) is 9.97 Å². The van der Waals surface area contributed by atoms with Crippen molar-refractivity contribution in [2.24, 2.45) is 5.73 Å². The molecule has 1 atom stereocenters. The van der Waals surface area contributed by atoms with Crippen molar-refractivity contribution in [1.82, 2.24) is 15.3 Å². The first-order chi connectivity index (χ1) is 13.2. The minimum atomic E-state index is -0.489. The number of carbonyl (C=O) groups excluding carboxylic acids is 1. The summed E-state index contributed by atoms with van der Waals surface area (Å²) in [6, 6.07) is 17.2. The van der Waals surface area contributed by atoms with Crippen molar-refractivity contribution < 1.29 is 14.6 Å². The van der Waals surface area contributed by atoms with E-state index in [4.69, 9.17) is 10.5 Å². The molecular formula is C20H21ClN4O3. The quantitative estimate of drug-likeness (QED) is 0.562. The van der Waals surface area contributed by atoms with Gasteiger partial charge in [-0.15, -0.1) is 12.4 Å². The van der Waals surface area contributed by atoms with Gasteiger partial charge in [-0.1, -0.05) is 36.4 Å². The second kappa shape index (κ2) is 10.4. The minimum Gasteiger partial charge on any atom is -0.439 e. The number of hydrogen-bond acceptors (Lipinski definition) is 6. The van der Waals surface area contributed by atoms with Crippen molar-refractivity contribution in [2.75, 3.05) is 6.61 Å². The zero-order chi connectivity index (χ0) is 19.1. The average Bonchev–Trinajstić information content (AvgIpc) is 2.72. The summed E-state index contributed by atoms with van der Waals surface area (Å²) >= 11 is 0. The molecule has 0 saturated heterocycles. The number of rotatable bonds is 7. The van der Waals surface area contributed by atoms with Crippen molar-refractivity contribution in [3.05, 3.63) is 83.8 Å². The molecule has 1 amide bonds. The first kappa shape index (κ1) is 21.3. The second-order valence-corrected chi connectivity index (χ2v) is 5.80. The number of halogens is 1. The standard InChI is InChI=1S/C20H20N4O3.ClH/c21-11-16-10-19(23-13-22-16)27-17-8-4-7-15(9-17)20(26)24-18(12-25)14-5-2-1-3-6-14;/h1-10,13,18,25H,11-12,21H2,(H,24,26);1H. The van der Waals surface area contributed by atoms with Crippen molar-refractivity contribution >= 4 is 18.3 Å². The van der Waals surface area contributed by atoms with Crippen LogP contribution in [0, 0.1) is 0 Å².